The Kier molecular flexibility index (Phi) is 7.47. The van der Waals surface area contributed by atoms with Gasteiger partial charge in [0.05, 0.1) is 12.3 Å². The van der Waals surface area contributed by atoms with Gasteiger partial charge in [-0.15, -0.1) is 0 Å². The van der Waals surface area contributed by atoms with E-state index in [0.29, 0.717) is 29.8 Å². The van der Waals surface area contributed by atoms with Gasteiger partial charge >= 0.3 is 0 Å². The predicted molar refractivity (Wildman–Crippen MR) is 154 cm³/mol. The topological polar surface area (TPSA) is 59.0 Å². The van der Waals surface area contributed by atoms with Crippen LogP contribution < -0.4 is 9.64 Å². The SMILES string of the molecule is C[C@H]1CCCC[C@@H]2CC[C@H]2CN2C[C@@]3(CCCc4cc(Cl)ccc43)COc3ccc(cc32)C(=O)N=[S-](=O)C1. The van der Waals surface area contributed by atoms with Gasteiger partial charge in [0.15, 0.2) is 0 Å². The summed E-state index contributed by atoms with van der Waals surface area (Å²) in [5.74, 6) is 2.60. The van der Waals surface area contributed by atoms with Crippen molar-refractivity contribution in [3.63, 3.8) is 0 Å². The van der Waals surface area contributed by atoms with Crippen LogP contribution >= 0.6 is 11.6 Å². The minimum Gasteiger partial charge on any atom is -0.490 e. The molecular formula is C31H38ClN2O3S-. The first-order chi connectivity index (χ1) is 18.4. The number of aryl methyl sites for hydroxylation is 1. The van der Waals surface area contributed by atoms with Gasteiger partial charge < -0.3 is 18.2 Å². The van der Waals surface area contributed by atoms with E-state index in [1.165, 1.54) is 36.8 Å². The lowest BCUT2D eigenvalue weighted by molar-refractivity contribution is 0.100. The van der Waals surface area contributed by atoms with Gasteiger partial charge in [-0.3, -0.25) is 4.79 Å². The van der Waals surface area contributed by atoms with Crippen LogP contribution in [0.1, 0.15) is 79.8 Å². The fourth-order valence-electron chi connectivity index (χ4n) is 7.20. The summed E-state index contributed by atoms with van der Waals surface area (Å²) in [6.45, 7) is 4.57. The summed E-state index contributed by atoms with van der Waals surface area (Å²) < 4.78 is 23.3. The third-order valence-corrected chi connectivity index (χ3v) is 10.9. The van der Waals surface area contributed by atoms with E-state index in [1.807, 2.05) is 18.2 Å². The summed E-state index contributed by atoms with van der Waals surface area (Å²) in [5.41, 5.74) is 4.03. The van der Waals surface area contributed by atoms with E-state index < -0.39 is 16.5 Å². The van der Waals surface area contributed by atoms with E-state index in [2.05, 4.69) is 28.3 Å². The van der Waals surface area contributed by atoms with E-state index in [9.17, 15) is 9.00 Å². The van der Waals surface area contributed by atoms with Crippen LogP contribution in [-0.2, 0) is 26.6 Å². The Bertz CT molecular complexity index is 1310. The molecule has 0 N–H and O–H groups in total. The van der Waals surface area contributed by atoms with Crippen molar-refractivity contribution < 1.29 is 13.7 Å². The molecule has 0 unspecified atom stereocenters. The summed E-state index contributed by atoms with van der Waals surface area (Å²) in [7, 11) is -1.51. The second kappa shape index (κ2) is 10.8. The van der Waals surface area contributed by atoms with Crippen molar-refractivity contribution in [3.8, 4) is 5.75 Å². The molecule has 204 valence electrons. The predicted octanol–water partition coefficient (Wildman–Crippen LogP) is 7.34. The van der Waals surface area contributed by atoms with Gasteiger partial charge in [0.2, 0.25) is 0 Å². The number of ether oxygens (including phenoxy) is 1. The molecule has 2 bridgehead atoms. The van der Waals surface area contributed by atoms with Crippen molar-refractivity contribution in [3.05, 3.63) is 58.1 Å². The Balaban J connectivity index is 1.40. The Morgan fingerprint density at radius 1 is 1.05 bits per heavy atom. The van der Waals surface area contributed by atoms with Crippen LogP contribution in [0.3, 0.4) is 0 Å². The molecule has 6 rings (SSSR count). The number of carbonyl (C=O) groups excluding carboxylic acids is 1. The molecule has 2 aliphatic carbocycles. The highest BCUT2D eigenvalue weighted by atomic mass is 35.5. The Hall–Kier alpha value is -2.05. The van der Waals surface area contributed by atoms with Crippen molar-refractivity contribution in [2.75, 3.05) is 30.3 Å². The maximum atomic E-state index is 13.1. The summed E-state index contributed by atoms with van der Waals surface area (Å²) in [5, 5.41) is 0.791. The van der Waals surface area contributed by atoms with Gasteiger partial charge in [-0.05, 0) is 85.4 Å². The van der Waals surface area contributed by atoms with E-state index in [-0.39, 0.29) is 5.41 Å². The standard InChI is InChI=1S/C31H38ClN2O3S/c1-21-5-2-3-6-22-8-9-25(22)17-34-19-31(14-4-7-23-15-26(32)11-12-27(23)31)20-37-29-13-10-24(16-28(29)34)30(35)33-38(36)18-21/h10-13,15-16,21-22,25H,2-9,14,17-20H2,1H3/q-1/t21-,22+,25-,31-/m0/s1. The Morgan fingerprint density at radius 3 is 2.74 bits per heavy atom. The van der Waals surface area contributed by atoms with Gasteiger partial charge in [-0.1, -0.05) is 61.9 Å². The molecule has 1 spiro atoms. The lowest BCUT2D eigenvalue weighted by Gasteiger charge is -2.44. The molecule has 4 atom stereocenters. The number of rotatable bonds is 0. The van der Waals surface area contributed by atoms with Crippen LogP contribution in [0.25, 0.3) is 0 Å². The Labute approximate surface area is 233 Å². The summed E-state index contributed by atoms with van der Waals surface area (Å²) in [6, 6.07) is 12.0. The van der Waals surface area contributed by atoms with E-state index in [1.54, 1.807) is 6.07 Å². The number of hydrogen-bond donors (Lipinski definition) is 0. The van der Waals surface area contributed by atoms with E-state index >= 15 is 0 Å². The maximum absolute atomic E-state index is 13.1. The number of halogens is 1. The third-order valence-electron chi connectivity index (χ3n) is 9.45. The zero-order valence-corrected chi connectivity index (χ0v) is 23.9. The van der Waals surface area contributed by atoms with Crippen molar-refractivity contribution in [2.45, 2.75) is 70.1 Å². The van der Waals surface area contributed by atoms with Crippen molar-refractivity contribution in [1.82, 2.24) is 0 Å². The molecule has 1 amide bonds. The second-order valence-corrected chi connectivity index (χ2v) is 13.8. The number of carbonyl (C=O) groups is 1. The monoisotopic (exact) mass is 553 g/mol. The van der Waals surface area contributed by atoms with Crippen molar-refractivity contribution in [2.24, 2.45) is 22.1 Å². The van der Waals surface area contributed by atoms with Gasteiger partial charge in [0.1, 0.15) is 5.75 Å². The molecule has 7 heteroatoms. The van der Waals surface area contributed by atoms with Crippen LogP contribution in [0.15, 0.2) is 40.8 Å². The van der Waals surface area contributed by atoms with Crippen LogP contribution in [0.5, 0.6) is 5.75 Å². The fraction of sp³-hybridized carbons (Fsp3) is 0.581. The molecular weight excluding hydrogens is 516 g/mol. The average Bonchev–Trinajstić information content (AvgIpc) is 3.02. The number of fused-ring (bicyclic) bond motifs is 4. The van der Waals surface area contributed by atoms with E-state index in [4.69, 9.17) is 16.3 Å². The zero-order chi connectivity index (χ0) is 26.3. The largest absolute Gasteiger partial charge is 0.490 e. The van der Waals surface area contributed by atoms with Crippen LogP contribution in [0.2, 0.25) is 5.02 Å². The second-order valence-electron chi connectivity index (χ2n) is 12.2. The lowest BCUT2D eigenvalue weighted by Crippen LogP contribution is -2.48. The maximum Gasteiger partial charge on any atom is 0.254 e. The molecule has 1 fully saturated rings. The van der Waals surface area contributed by atoms with Gasteiger partial charge in [0.25, 0.3) is 5.91 Å². The minimum absolute atomic E-state index is 0.122. The fourth-order valence-corrected chi connectivity index (χ4v) is 8.41. The smallest absolute Gasteiger partial charge is 0.254 e. The molecule has 2 heterocycles. The first kappa shape index (κ1) is 26.2. The van der Waals surface area contributed by atoms with Crippen LogP contribution in [-0.4, -0.2) is 31.4 Å². The van der Waals surface area contributed by atoms with Crippen LogP contribution in [0, 0.1) is 17.8 Å². The normalized spacial score (nSPS) is 30.3. The zero-order valence-electron chi connectivity index (χ0n) is 22.3. The summed E-state index contributed by atoms with van der Waals surface area (Å²) >= 11 is 6.39. The first-order valence-electron chi connectivity index (χ1n) is 14.4. The summed E-state index contributed by atoms with van der Waals surface area (Å²) in [4.78, 5) is 15.6. The molecule has 2 aliphatic heterocycles. The van der Waals surface area contributed by atoms with Gasteiger partial charge in [-0.25, -0.2) is 0 Å². The van der Waals surface area contributed by atoms with E-state index in [0.717, 1.165) is 67.6 Å². The molecule has 38 heavy (non-hydrogen) atoms. The van der Waals surface area contributed by atoms with Crippen molar-refractivity contribution >= 4 is 33.8 Å². The molecule has 0 aromatic heterocycles. The molecule has 5 nitrogen and oxygen atoms in total. The Morgan fingerprint density at radius 2 is 1.89 bits per heavy atom. The number of hydrogen-bond acceptors (Lipinski definition) is 5. The lowest BCUT2D eigenvalue weighted by atomic mass is 9.68. The highest BCUT2D eigenvalue weighted by Crippen LogP contribution is 2.47. The number of amides is 1. The van der Waals surface area contributed by atoms with Crippen LogP contribution in [0.4, 0.5) is 5.69 Å². The molecule has 4 aliphatic rings. The highest BCUT2D eigenvalue weighted by Gasteiger charge is 2.43. The van der Waals surface area contributed by atoms with Gasteiger partial charge in [-0.2, -0.15) is 10.6 Å². The molecule has 1 saturated carbocycles. The third kappa shape index (κ3) is 5.23. The average molecular weight is 554 g/mol. The molecule has 2 aromatic rings. The first-order valence-corrected chi connectivity index (χ1v) is 16.0. The number of nitrogens with zero attached hydrogens (tertiary/aromatic N) is 2. The summed E-state index contributed by atoms with van der Waals surface area (Å²) in [6.07, 6.45) is 10.5. The molecule has 0 radical (unpaired) electrons. The number of anilines is 1. The molecule has 0 saturated heterocycles. The molecule has 2 aromatic carbocycles. The minimum atomic E-state index is -1.51. The van der Waals surface area contributed by atoms with Crippen molar-refractivity contribution in [1.29, 1.82) is 0 Å². The van der Waals surface area contributed by atoms with Gasteiger partial charge in [0, 0.05) is 29.1 Å². The number of benzene rings is 2. The highest BCUT2D eigenvalue weighted by molar-refractivity contribution is 7.75. The quantitative estimate of drug-likeness (QED) is 0.320.